The van der Waals surface area contributed by atoms with Crippen LogP contribution >= 0.6 is 0 Å². The van der Waals surface area contributed by atoms with Crippen LogP contribution in [0, 0.1) is 12.3 Å². The number of hydrogen-bond acceptors (Lipinski definition) is 1. The van der Waals surface area contributed by atoms with E-state index in [9.17, 15) is 0 Å². The van der Waals surface area contributed by atoms with Crippen LogP contribution < -0.4 is 5.73 Å². The van der Waals surface area contributed by atoms with Crippen molar-refractivity contribution >= 4 is 5.84 Å². The van der Waals surface area contributed by atoms with Gasteiger partial charge in [0.2, 0.25) is 0 Å². The summed E-state index contributed by atoms with van der Waals surface area (Å²) in [4.78, 5) is 0. The molecule has 3 N–H and O–H groups in total. The molecular formula is C2H3N2. The highest BCUT2D eigenvalue weighted by molar-refractivity contribution is 5.80. The zero-order chi connectivity index (χ0) is 3.58. The fourth-order valence-corrected chi connectivity index (χ4v) is 0. The van der Waals surface area contributed by atoms with Crippen LogP contribution in [0.3, 0.4) is 0 Å². The normalized spacial score (nSPS) is 6.25. The summed E-state index contributed by atoms with van der Waals surface area (Å²) >= 11 is 0. The van der Waals surface area contributed by atoms with Crippen molar-refractivity contribution in [3.8, 4) is 0 Å². The van der Waals surface area contributed by atoms with E-state index in [-0.39, 0.29) is 0 Å². The molecule has 2 nitrogen and oxygen atoms in total. The Morgan fingerprint density at radius 2 is 2.00 bits per heavy atom. The van der Waals surface area contributed by atoms with Gasteiger partial charge in [-0.15, -0.1) is 0 Å². The molecule has 0 aliphatic rings. The van der Waals surface area contributed by atoms with E-state index in [1.165, 1.54) is 0 Å². The van der Waals surface area contributed by atoms with E-state index >= 15 is 0 Å². The van der Waals surface area contributed by atoms with Crippen LogP contribution in [0.1, 0.15) is 0 Å². The van der Waals surface area contributed by atoms with Crippen molar-refractivity contribution in [2.75, 3.05) is 0 Å². The highest BCUT2D eigenvalue weighted by atomic mass is 14.7. The zero-order valence-electron chi connectivity index (χ0n) is 2.08. The van der Waals surface area contributed by atoms with Gasteiger partial charge in [-0.25, -0.2) is 0 Å². The van der Waals surface area contributed by atoms with Gasteiger partial charge in [0.25, 0.3) is 0 Å². The molecule has 0 atom stereocenters. The Morgan fingerprint density at radius 3 is 2.00 bits per heavy atom. The summed E-state index contributed by atoms with van der Waals surface area (Å²) < 4.78 is 0. The maximum atomic E-state index is 5.94. The molecule has 0 rings (SSSR count). The molecule has 0 aromatic heterocycles. The lowest BCUT2D eigenvalue weighted by molar-refractivity contribution is 1.47. The quantitative estimate of drug-likeness (QED) is 0.285. The first-order chi connectivity index (χ1) is 1.73. The van der Waals surface area contributed by atoms with Crippen molar-refractivity contribution in [2.45, 2.75) is 0 Å². The van der Waals surface area contributed by atoms with Crippen LogP contribution in [0.2, 0.25) is 0 Å². The van der Waals surface area contributed by atoms with Crippen LogP contribution in [0.5, 0.6) is 0 Å². The number of hydrogen-bond donors (Lipinski definition) is 2. The first kappa shape index (κ1) is 3.47. The number of rotatable bonds is 0. The second kappa shape index (κ2) is 0.875. The minimum atomic E-state index is -0.583. The van der Waals surface area contributed by atoms with E-state index in [1.54, 1.807) is 0 Å². The second-order valence-corrected chi connectivity index (χ2v) is 0.414. The Balaban J connectivity index is 2.80. The molecule has 0 fully saturated rings. The Hall–Kier alpha value is -0.530. The first-order valence-electron chi connectivity index (χ1n) is 0.789. The molecule has 0 amide bonds. The predicted octanol–water partition coefficient (Wildman–Crippen LogP) is -0.490. The van der Waals surface area contributed by atoms with Gasteiger partial charge in [0, 0.05) is 0 Å². The Bertz CT molecular complexity index is 27.0. The molecule has 0 aliphatic heterocycles. The zero-order valence-corrected chi connectivity index (χ0v) is 2.08. The van der Waals surface area contributed by atoms with Gasteiger partial charge in [-0.1, -0.05) is 0 Å². The smallest absolute Gasteiger partial charge is 0.100 e. The predicted molar refractivity (Wildman–Crippen MR) is 15.2 cm³/mol. The first-order valence-corrected chi connectivity index (χ1v) is 0.789. The third kappa shape index (κ3) is 1.16. The molecular weight excluding hydrogens is 52.0 g/mol. The summed E-state index contributed by atoms with van der Waals surface area (Å²) in [5.74, 6) is -0.583. The van der Waals surface area contributed by atoms with E-state index < -0.39 is 5.84 Å². The maximum absolute atomic E-state index is 5.94. The Labute approximate surface area is 25.1 Å². The van der Waals surface area contributed by atoms with Gasteiger partial charge in [0.15, 0.2) is 0 Å². The molecule has 0 heterocycles. The van der Waals surface area contributed by atoms with Crippen molar-refractivity contribution in [2.24, 2.45) is 5.73 Å². The van der Waals surface area contributed by atoms with Crippen molar-refractivity contribution in [1.82, 2.24) is 0 Å². The van der Waals surface area contributed by atoms with Gasteiger partial charge in [0.05, 0.1) is 6.92 Å². The number of nitrogens with one attached hydrogen (secondary N) is 1. The third-order valence-electron chi connectivity index (χ3n) is 0. The van der Waals surface area contributed by atoms with Gasteiger partial charge >= 0.3 is 0 Å². The van der Waals surface area contributed by atoms with E-state index in [1.807, 2.05) is 0 Å². The molecule has 3 radical (unpaired) electrons. The van der Waals surface area contributed by atoms with Gasteiger partial charge < -0.3 is 5.73 Å². The minimum Gasteiger partial charge on any atom is -0.387 e. The maximum Gasteiger partial charge on any atom is 0.100 e. The summed E-state index contributed by atoms with van der Waals surface area (Å²) in [7, 11) is 0. The van der Waals surface area contributed by atoms with Crippen LogP contribution in [-0.4, -0.2) is 5.84 Å². The molecule has 0 bridgehead atoms. The summed E-state index contributed by atoms with van der Waals surface area (Å²) in [6.07, 6.45) is 0. The fourth-order valence-electron chi connectivity index (χ4n) is 0. The Kier molecular flexibility index (Phi) is 0.759. The monoisotopic (exact) mass is 55.0 g/mol. The molecule has 21 valence electrons. The molecule has 0 saturated heterocycles. The van der Waals surface area contributed by atoms with E-state index in [0.29, 0.717) is 0 Å². The highest BCUT2D eigenvalue weighted by Crippen LogP contribution is 1.34. The molecule has 0 aromatic rings. The average Bonchev–Trinajstić information content (AvgIpc) is 0.811. The molecule has 0 saturated carbocycles. The second-order valence-electron chi connectivity index (χ2n) is 0.414. The minimum absolute atomic E-state index is 0.583. The summed E-state index contributed by atoms with van der Waals surface area (Å²) in [5.41, 5.74) is 4.36. The molecule has 2 heteroatoms. The van der Waals surface area contributed by atoms with Crippen molar-refractivity contribution in [1.29, 1.82) is 5.41 Å². The van der Waals surface area contributed by atoms with E-state index in [4.69, 9.17) is 12.3 Å². The lowest BCUT2D eigenvalue weighted by Crippen LogP contribution is -2.01. The molecule has 0 spiro atoms. The highest BCUT2D eigenvalue weighted by Gasteiger charge is 1.56. The van der Waals surface area contributed by atoms with Crippen molar-refractivity contribution in [3.05, 3.63) is 6.92 Å². The van der Waals surface area contributed by atoms with E-state index in [2.05, 4.69) is 5.73 Å². The van der Waals surface area contributed by atoms with Crippen molar-refractivity contribution < 1.29 is 0 Å². The SMILES string of the molecule is [C]C(=N)N. The number of nitrogens with two attached hydrogens (primary N) is 1. The summed E-state index contributed by atoms with van der Waals surface area (Å²) in [6.45, 7) is 5.94. The largest absolute Gasteiger partial charge is 0.387 e. The molecule has 0 unspecified atom stereocenters. The average molecular weight is 55.1 g/mol. The van der Waals surface area contributed by atoms with Crippen LogP contribution in [0.25, 0.3) is 0 Å². The van der Waals surface area contributed by atoms with Crippen LogP contribution in [-0.2, 0) is 0 Å². The van der Waals surface area contributed by atoms with Gasteiger partial charge in [-0.2, -0.15) is 0 Å². The lowest BCUT2D eigenvalue weighted by atomic mass is 10.8. The molecule has 0 aromatic carbocycles. The van der Waals surface area contributed by atoms with E-state index in [0.717, 1.165) is 0 Å². The van der Waals surface area contributed by atoms with Crippen LogP contribution in [0.4, 0.5) is 0 Å². The topological polar surface area (TPSA) is 49.9 Å². The van der Waals surface area contributed by atoms with Crippen LogP contribution in [0.15, 0.2) is 0 Å². The summed E-state index contributed by atoms with van der Waals surface area (Å²) in [5, 5.41) is 5.94. The molecule has 0 aliphatic carbocycles. The lowest BCUT2D eigenvalue weighted by Gasteiger charge is -1.64. The fraction of sp³-hybridized carbons (Fsp3) is 0. The molecule has 4 heavy (non-hydrogen) atoms. The van der Waals surface area contributed by atoms with Gasteiger partial charge in [-0.05, 0) is 0 Å². The third-order valence-corrected chi connectivity index (χ3v) is 0. The Morgan fingerprint density at radius 1 is 2.00 bits per heavy atom. The standard InChI is InChI=1S/C2H3N2/c1-2(3)4/h(H3,3,4). The van der Waals surface area contributed by atoms with Crippen molar-refractivity contribution in [3.63, 3.8) is 0 Å². The van der Waals surface area contributed by atoms with Gasteiger partial charge in [-0.3, -0.25) is 5.41 Å². The van der Waals surface area contributed by atoms with Gasteiger partial charge in [0.1, 0.15) is 5.84 Å². The summed E-state index contributed by atoms with van der Waals surface area (Å²) in [6, 6.07) is 0. The number of amidine groups is 1.